The number of alkyl halides is 3. The topological polar surface area (TPSA) is 12.9 Å². The molecule has 0 amide bonds. The predicted octanol–water partition coefficient (Wildman–Crippen LogP) is 7.39. The first-order valence-electron chi connectivity index (χ1n) is 7.77. The summed E-state index contributed by atoms with van der Waals surface area (Å²) in [5.41, 5.74) is 2.07. The Bertz CT molecular complexity index is 918. The van der Waals surface area contributed by atoms with Crippen LogP contribution in [0.25, 0.3) is 10.6 Å². The van der Waals surface area contributed by atoms with Crippen LogP contribution in [-0.4, -0.2) is 4.98 Å². The summed E-state index contributed by atoms with van der Waals surface area (Å²) in [4.78, 5) is 6.61. The molecule has 0 saturated heterocycles. The second kappa shape index (κ2) is 7.62. The third kappa shape index (κ3) is 4.42. The quantitative estimate of drug-likeness (QED) is 0.413. The molecule has 0 fully saturated rings. The zero-order chi connectivity index (χ0) is 18.9. The van der Waals surface area contributed by atoms with Crippen LogP contribution in [0.3, 0.4) is 0 Å². The molecule has 0 atom stereocenters. The molecular weight excluding hydrogens is 399 g/mol. The number of nitrogens with zero attached hydrogens (tertiary/aromatic N) is 1. The molecule has 0 spiro atoms. The van der Waals surface area contributed by atoms with Crippen molar-refractivity contribution in [1.29, 1.82) is 0 Å². The molecule has 2 aromatic carbocycles. The molecule has 136 valence electrons. The first-order valence-corrected chi connectivity index (χ1v) is 9.95. The van der Waals surface area contributed by atoms with E-state index in [0.29, 0.717) is 16.3 Å². The van der Waals surface area contributed by atoms with Crippen molar-refractivity contribution in [1.82, 2.24) is 4.98 Å². The van der Waals surface area contributed by atoms with Crippen molar-refractivity contribution in [3.8, 4) is 10.6 Å². The normalized spacial score (nSPS) is 11.8. The minimum absolute atomic E-state index is 0.653. The molecule has 1 nitrogen and oxygen atoms in total. The van der Waals surface area contributed by atoms with Gasteiger partial charge in [0.15, 0.2) is 0 Å². The lowest BCUT2D eigenvalue weighted by molar-refractivity contribution is -0.137. The van der Waals surface area contributed by atoms with E-state index in [1.54, 1.807) is 11.8 Å². The van der Waals surface area contributed by atoms with E-state index in [2.05, 4.69) is 4.98 Å². The van der Waals surface area contributed by atoms with Gasteiger partial charge >= 0.3 is 6.18 Å². The van der Waals surface area contributed by atoms with E-state index in [1.807, 2.05) is 32.0 Å². The lowest BCUT2D eigenvalue weighted by Crippen LogP contribution is -2.03. The summed E-state index contributed by atoms with van der Waals surface area (Å²) < 4.78 is 38.1. The summed E-state index contributed by atoms with van der Waals surface area (Å²) in [7, 11) is 0. The van der Waals surface area contributed by atoms with Crippen LogP contribution >= 0.6 is 34.7 Å². The van der Waals surface area contributed by atoms with Gasteiger partial charge in [0.1, 0.15) is 5.01 Å². The second-order valence-corrected chi connectivity index (χ2v) is 8.33. The van der Waals surface area contributed by atoms with Gasteiger partial charge in [0, 0.05) is 21.1 Å². The Labute approximate surface area is 163 Å². The Morgan fingerprint density at radius 3 is 2.42 bits per heavy atom. The fraction of sp³-hybridized carbons (Fsp3) is 0.211. The molecule has 3 aromatic rings. The minimum atomic E-state index is -4.33. The van der Waals surface area contributed by atoms with Gasteiger partial charge in [0.25, 0.3) is 0 Å². The van der Waals surface area contributed by atoms with E-state index < -0.39 is 11.7 Å². The van der Waals surface area contributed by atoms with Gasteiger partial charge in [0.2, 0.25) is 0 Å². The van der Waals surface area contributed by atoms with Gasteiger partial charge in [-0.05, 0) is 43.7 Å². The summed E-state index contributed by atoms with van der Waals surface area (Å²) in [6.45, 7) is 3.93. The Morgan fingerprint density at radius 2 is 1.77 bits per heavy atom. The third-order valence-electron chi connectivity index (χ3n) is 3.80. The predicted molar refractivity (Wildman–Crippen MR) is 103 cm³/mol. The van der Waals surface area contributed by atoms with Crippen molar-refractivity contribution in [2.75, 3.05) is 0 Å². The van der Waals surface area contributed by atoms with Gasteiger partial charge in [-0.1, -0.05) is 29.8 Å². The average molecular weight is 414 g/mol. The zero-order valence-electron chi connectivity index (χ0n) is 14.0. The highest BCUT2D eigenvalue weighted by Gasteiger charge is 2.30. The maximum atomic E-state index is 12.7. The Kier molecular flexibility index (Phi) is 5.65. The summed E-state index contributed by atoms with van der Waals surface area (Å²) in [5, 5.41) is 1.44. The Morgan fingerprint density at radius 1 is 1.08 bits per heavy atom. The molecule has 3 rings (SSSR count). The van der Waals surface area contributed by atoms with Crippen LogP contribution in [0.5, 0.6) is 0 Å². The summed E-state index contributed by atoms with van der Waals surface area (Å²) in [6, 6.07) is 11.0. The highest BCUT2D eigenvalue weighted by Crippen LogP contribution is 2.36. The Hall–Kier alpha value is -1.50. The van der Waals surface area contributed by atoms with Crippen molar-refractivity contribution in [2.24, 2.45) is 0 Å². The van der Waals surface area contributed by atoms with E-state index in [4.69, 9.17) is 11.6 Å². The number of hydrogen-bond acceptors (Lipinski definition) is 3. The average Bonchev–Trinajstić information content (AvgIpc) is 2.96. The number of rotatable bonds is 4. The molecule has 0 N–H and O–H groups in total. The van der Waals surface area contributed by atoms with Gasteiger partial charge in [-0.15, -0.1) is 23.1 Å². The van der Waals surface area contributed by atoms with Gasteiger partial charge in [0.05, 0.1) is 16.3 Å². The van der Waals surface area contributed by atoms with Crippen molar-refractivity contribution < 1.29 is 13.2 Å². The standard InChI is InChI=1S/C19H15ClF3NS2/c1-11-3-8-15(20)16(9-11)25-10-17-12(2)24-18(26-17)13-4-6-14(7-5-13)19(21,22)23/h3-9H,10H2,1-2H3. The van der Waals surface area contributed by atoms with Gasteiger partial charge in [-0.2, -0.15) is 13.2 Å². The first-order chi connectivity index (χ1) is 12.2. The van der Waals surface area contributed by atoms with Crippen LogP contribution < -0.4 is 0 Å². The van der Waals surface area contributed by atoms with Crippen LogP contribution in [0.2, 0.25) is 5.02 Å². The zero-order valence-corrected chi connectivity index (χ0v) is 16.4. The number of thiazole rings is 1. The highest BCUT2D eigenvalue weighted by molar-refractivity contribution is 7.98. The molecule has 0 aliphatic heterocycles. The van der Waals surface area contributed by atoms with Crippen LogP contribution in [0.15, 0.2) is 47.4 Å². The highest BCUT2D eigenvalue weighted by atomic mass is 35.5. The van der Waals surface area contributed by atoms with Crippen LogP contribution in [0.4, 0.5) is 13.2 Å². The molecule has 0 unspecified atom stereocenters. The van der Waals surface area contributed by atoms with Crippen molar-refractivity contribution in [3.05, 3.63) is 69.2 Å². The van der Waals surface area contributed by atoms with Crippen LogP contribution in [0.1, 0.15) is 21.7 Å². The molecule has 7 heteroatoms. The SMILES string of the molecule is Cc1ccc(Cl)c(SCc2sc(-c3ccc(C(F)(F)F)cc3)nc2C)c1. The maximum absolute atomic E-state index is 12.7. The van der Waals surface area contributed by atoms with Crippen molar-refractivity contribution >= 4 is 34.7 Å². The number of hydrogen-bond donors (Lipinski definition) is 0. The molecular formula is C19H15ClF3NS2. The fourth-order valence-electron chi connectivity index (χ4n) is 2.35. The van der Waals surface area contributed by atoms with Gasteiger partial charge < -0.3 is 0 Å². The van der Waals surface area contributed by atoms with E-state index >= 15 is 0 Å². The molecule has 1 heterocycles. The van der Waals surface area contributed by atoms with Crippen LogP contribution in [-0.2, 0) is 11.9 Å². The van der Waals surface area contributed by atoms with E-state index in [9.17, 15) is 13.2 Å². The molecule has 0 bridgehead atoms. The lowest BCUT2D eigenvalue weighted by Gasteiger charge is -2.06. The van der Waals surface area contributed by atoms with E-state index in [1.165, 1.54) is 23.5 Å². The van der Waals surface area contributed by atoms with Gasteiger partial charge in [-0.25, -0.2) is 4.98 Å². The molecule has 0 aliphatic rings. The summed E-state index contributed by atoms with van der Waals surface area (Å²) in [5.74, 6) is 0.716. The van der Waals surface area contributed by atoms with Crippen molar-refractivity contribution in [3.63, 3.8) is 0 Å². The number of thioether (sulfide) groups is 1. The largest absolute Gasteiger partial charge is 0.416 e. The fourth-order valence-corrected chi connectivity index (χ4v) is 4.88. The minimum Gasteiger partial charge on any atom is -0.241 e. The van der Waals surface area contributed by atoms with E-state index in [-0.39, 0.29) is 0 Å². The number of benzene rings is 2. The molecule has 1 aromatic heterocycles. The number of aryl methyl sites for hydroxylation is 2. The first kappa shape index (κ1) is 19.3. The molecule has 0 saturated carbocycles. The number of halogens is 4. The lowest BCUT2D eigenvalue weighted by atomic mass is 10.1. The third-order valence-corrected chi connectivity index (χ3v) is 6.71. The second-order valence-electron chi connectivity index (χ2n) is 5.83. The summed E-state index contributed by atoms with van der Waals surface area (Å²) >= 11 is 9.36. The van der Waals surface area contributed by atoms with Crippen molar-refractivity contribution in [2.45, 2.75) is 30.7 Å². The monoisotopic (exact) mass is 413 g/mol. The van der Waals surface area contributed by atoms with Crippen LogP contribution in [0, 0.1) is 13.8 Å². The number of aromatic nitrogens is 1. The molecule has 26 heavy (non-hydrogen) atoms. The molecule has 0 aliphatic carbocycles. The Balaban J connectivity index is 1.78. The maximum Gasteiger partial charge on any atom is 0.416 e. The van der Waals surface area contributed by atoms with E-state index in [0.717, 1.165) is 38.2 Å². The summed E-state index contributed by atoms with van der Waals surface area (Å²) in [6.07, 6.45) is -4.33. The smallest absolute Gasteiger partial charge is 0.241 e. The van der Waals surface area contributed by atoms with Gasteiger partial charge in [-0.3, -0.25) is 0 Å². The molecule has 0 radical (unpaired) electrons.